The maximum absolute atomic E-state index is 12.9. The first-order valence-electron chi connectivity index (χ1n) is 8.97. The van der Waals surface area contributed by atoms with Crippen molar-refractivity contribution >= 4 is 28.9 Å². The van der Waals surface area contributed by atoms with Gasteiger partial charge in [-0.2, -0.15) is 0 Å². The fraction of sp³-hybridized carbons (Fsp3) is 0.350. The molecule has 27 heavy (non-hydrogen) atoms. The number of hydrogen-bond acceptors (Lipinski definition) is 5. The first kappa shape index (κ1) is 17.9. The number of benzene rings is 2. The number of carbonyl (C=O) groups excluding carboxylic acids is 1. The van der Waals surface area contributed by atoms with Gasteiger partial charge < -0.3 is 24.4 Å². The van der Waals surface area contributed by atoms with Gasteiger partial charge in [0, 0.05) is 18.1 Å². The summed E-state index contributed by atoms with van der Waals surface area (Å²) >= 11 is 6.17. The second-order valence-electron chi connectivity index (χ2n) is 6.56. The highest BCUT2D eigenvalue weighted by atomic mass is 35.5. The van der Waals surface area contributed by atoms with Crippen LogP contribution in [0.15, 0.2) is 42.5 Å². The molecule has 2 aliphatic heterocycles. The minimum atomic E-state index is -0.753. The first-order valence-corrected chi connectivity index (χ1v) is 9.35. The van der Waals surface area contributed by atoms with Crippen molar-refractivity contribution in [2.75, 3.05) is 36.5 Å². The van der Waals surface area contributed by atoms with Gasteiger partial charge in [-0.05, 0) is 37.3 Å². The van der Waals surface area contributed by atoms with Crippen molar-refractivity contribution in [2.45, 2.75) is 19.1 Å². The molecule has 1 saturated heterocycles. The van der Waals surface area contributed by atoms with Crippen LogP contribution in [-0.2, 0) is 9.53 Å². The summed E-state index contributed by atoms with van der Waals surface area (Å²) in [7, 11) is 0. The molecule has 0 saturated carbocycles. The van der Waals surface area contributed by atoms with Gasteiger partial charge in [0.05, 0.1) is 24.6 Å². The summed E-state index contributed by atoms with van der Waals surface area (Å²) in [6.07, 6.45) is -1.16. The van der Waals surface area contributed by atoms with Gasteiger partial charge in [-0.15, -0.1) is 0 Å². The largest absolute Gasteiger partial charge is 0.482 e. The molecule has 6 nitrogen and oxygen atoms in total. The number of fused-ring (bicyclic) bond motifs is 1. The van der Waals surface area contributed by atoms with Crippen molar-refractivity contribution < 1.29 is 19.0 Å². The topological polar surface area (TPSA) is 60.0 Å². The molecule has 2 aliphatic rings. The molecule has 1 N–H and O–H groups in total. The molecule has 1 fully saturated rings. The van der Waals surface area contributed by atoms with E-state index in [-0.39, 0.29) is 5.91 Å². The van der Waals surface area contributed by atoms with Gasteiger partial charge in [-0.3, -0.25) is 4.79 Å². The Morgan fingerprint density at radius 3 is 2.56 bits per heavy atom. The smallest absolute Gasteiger partial charge is 0.269 e. The van der Waals surface area contributed by atoms with Crippen LogP contribution in [0.1, 0.15) is 6.92 Å². The quantitative estimate of drug-likeness (QED) is 0.873. The van der Waals surface area contributed by atoms with Gasteiger partial charge in [0.15, 0.2) is 11.5 Å². The standard InChI is InChI=1S/C20H21ClN2O4/c1-13-19(27-18-5-3-2-4-17(18)26-13)20(24)22-15-12-14(21)6-7-16(15)23-8-10-25-11-9-23/h2-7,12-13,19H,8-11H2,1H3,(H,22,24). The summed E-state index contributed by atoms with van der Waals surface area (Å²) in [5.74, 6) is 0.940. The molecule has 2 heterocycles. The van der Waals surface area contributed by atoms with Crippen LogP contribution in [0.2, 0.25) is 5.02 Å². The molecular formula is C20H21ClN2O4. The van der Waals surface area contributed by atoms with Crippen molar-refractivity contribution in [3.63, 3.8) is 0 Å². The number of nitrogens with zero attached hydrogens (tertiary/aromatic N) is 1. The van der Waals surface area contributed by atoms with E-state index in [1.165, 1.54) is 0 Å². The third kappa shape index (κ3) is 3.82. The second-order valence-corrected chi connectivity index (χ2v) is 6.99. The Hall–Kier alpha value is -2.44. The summed E-state index contributed by atoms with van der Waals surface area (Å²) < 4.78 is 17.1. The highest BCUT2D eigenvalue weighted by Crippen LogP contribution is 2.35. The molecule has 2 unspecified atom stereocenters. The van der Waals surface area contributed by atoms with E-state index >= 15 is 0 Å². The first-order chi connectivity index (χ1) is 13.1. The molecule has 0 aliphatic carbocycles. The maximum Gasteiger partial charge on any atom is 0.269 e. The number of para-hydroxylation sites is 2. The maximum atomic E-state index is 12.9. The van der Waals surface area contributed by atoms with E-state index in [9.17, 15) is 4.79 Å². The molecule has 0 bridgehead atoms. The van der Waals surface area contributed by atoms with Crippen molar-refractivity contribution in [3.8, 4) is 11.5 Å². The lowest BCUT2D eigenvalue weighted by Gasteiger charge is -2.33. The van der Waals surface area contributed by atoms with Gasteiger partial charge in [-0.1, -0.05) is 23.7 Å². The number of nitrogens with one attached hydrogen (secondary N) is 1. The Morgan fingerprint density at radius 1 is 1.11 bits per heavy atom. The van der Waals surface area contributed by atoms with Crippen molar-refractivity contribution in [1.29, 1.82) is 0 Å². The molecular weight excluding hydrogens is 368 g/mol. The predicted molar refractivity (Wildman–Crippen MR) is 104 cm³/mol. The number of hydrogen-bond donors (Lipinski definition) is 1. The number of ether oxygens (including phenoxy) is 3. The lowest BCUT2D eigenvalue weighted by atomic mass is 10.1. The molecule has 2 aromatic rings. The van der Waals surface area contributed by atoms with Crippen LogP contribution >= 0.6 is 11.6 Å². The Kier molecular flexibility index (Phi) is 5.09. The fourth-order valence-corrected chi connectivity index (χ4v) is 3.47. The summed E-state index contributed by atoms with van der Waals surface area (Å²) in [5, 5.41) is 3.53. The van der Waals surface area contributed by atoms with E-state index in [4.69, 9.17) is 25.8 Å². The molecule has 0 spiro atoms. The van der Waals surface area contributed by atoms with Crippen LogP contribution in [0.3, 0.4) is 0 Å². The van der Waals surface area contributed by atoms with Crippen LogP contribution in [0.25, 0.3) is 0 Å². The van der Waals surface area contributed by atoms with E-state index in [1.54, 1.807) is 12.1 Å². The highest BCUT2D eigenvalue weighted by molar-refractivity contribution is 6.31. The van der Waals surface area contributed by atoms with Crippen LogP contribution < -0.4 is 19.7 Å². The minimum Gasteiger partial charge on any atom is -0.482 e. The number of morpholine rings is 1. The molecule has 0 aromatic heterocycles. The SMILES string of the molecule is CC1Oc2ccccc2OC1C(=O)Nc1cc(Cl)ccc1N1CCOCC1. The molecule has 2 atom stereocenters. The average molecular weight is 389 g/mol. The van der Waals surface area contributed by atoms with Crippen molar-refractivity contribution in [1.82, 2.24) is 0 Å². The van der Waals surface area contributed by atoms with E-state index in [0.717, 1.165) is 18.8 Å². The van der Waals surface area contributed by atoms with Crippen LogP contribution in [-0.4, -0.2) is 44.4 Å². The summed E-state index contributed by atoms with van der Waals surface area (Å²) in [4.78, 5) is 15.1. The zero-order chi connectivity index (χ0) is 18.8. The predicted octanol–water partition coefficient (Wildman–Crippen LogP) is 3.34. The summed E-state index contributed by atoms with van der Waals surface area (Å²) in [6, 6.07) is 12.8. The number of rotatable bonds is 3. The summed E-state index contributed by atoms with van der Waals surface area (Å²) in [5.41, 5.74) is 1.57. The number of carbonyl (C=O) groups is 1. The summed E-state index contributed by atoms with van der Waals surface area (Å²) in [6.45, 7) is 4.66. The van der Waals surface area contributed by atoms with Crippen molar-refractivity contribution in [2.24, 2.45) is 0 Å². The van der Waals surface area contributed by atoms with Crippen LogP contribution in [0.4, 0.5) is 11.4 Å². The number of anilines is 2. The highest BCUT2D eigenvalue weighted by Gasteiger charge is 2.34. The molecule has 4 rings (SSSR count). The van der Waals surface area contributed by atoms with Gasteiger partial charge in [0.2, 0.25) is 6.10 Å². The number of halogens is 1. The lowest BCUT2D eigenvalue weighted by Crippen LogP contribution is -2.46. The average Bonchev–Trinajstić information content (AvgIpc) is 2.68. The van der Waals surface area contributed by atoms with Crippen LogP contribution in [0.5, 0.6) is 11.5 Å². The molecule has 2 aromatic carbocycles. The normalized spacial score (nSPS) is 21.6. The fourth-order valence-electron chi connectivity index (χ4n) is 3.30. The van der Waals surface area contributed by atoms with Gasteiger partial charge >= 0.3 is 0 Å². The zero-order valence-electron chi connectivity index (χ0n) is 15.0. The van der Waals surface area contributed by atoms with E-state index in [2.05, 4.69) is 10.2 Å². The second kappa shape index (κ2) is 7.66. The van der Waals surface area contributed by atoms with Crippen LogP contribution in [0, 0.1) is 0 Å². The monoisotopic (exact) mass is 388 g/mol. The van der Waals surface area contributed by atoms with Gasteiger partial charge in [0.25, 0.3) is 5.91 Å². The van der Waals surface area contributed by atoms with Gasteiger partial charge in [0.1, 0.15) is 6.10 Å². The number of amides is 1. The van der Waals surface area contributed by atoms with E-state index < -0.39 is 12.2 Å². The minimum absolute atomic E-state index is 0.270. The Balaban J connectivity index is 1.55. The molecule has 0 radical (unpaired) electrons. The third-order valence-corrected chi connectivity index (χ3v) is 4.90. The third-order valence-electron chi connectivity index (χ3n) is 4.67. The Bertz CT molecular complexity index is 838. The molecule has 7 heteroatoms. The van der Waals surface area contributed by atoms with E-state index in [0.29, 0.717) is 35.4 Å². The Labute approximate surface area is 163 Å². The lowest BCUT2D eigenvalue weighted by molar-refractivity contribution is -0.128. The van der Waals surface area contributed by atoms with E-state index in [1.807, 2.05) is 37.3 Å². The molecule has 1 amide bonds. The van der Waals surface area contributed by atoms with Gasteiger partial charge in [-0.25, -0.2) is 0 Å². The Morgan fingerprint density at radius 2 is 1.81 bits per heavy atom. The van der Waals surface area contributed by atoms with Crippen molar-refractivity contribution in [3.05, 3.63) is 47.5 Å². The molecule has 142 valence electrons. The zero-order valence-corrected chi connectivity index (χ0v) is 15.7.